The van der Waals surface area contributed by atoms with Gasteiger partial charge >= 0.3 is 11.9 Å². The SMILES string of the molecule is COC(=O)/C=C(\C(=O)OC)c1c2ccccc2c2n1CCCC[C@H](NC(C)=O)C(=O)N[C@@H](C)C(=O)N[C@@H](C)C(=O)N[C@@H](C)C(=O)N[C@H](C(=O)N[C@@H](CC1=CN=CC1)C(N)=O)CS2. The van der Waals surface area contributed by atoms with Gasteiger partial charge in [-0.2, -0.15) is 0 Å². The zero-order chi connectivity index (χ0) is 45.7. The predicted octanol–water partition coefficient (Wildman–Crippen LogP) is -0.131. The molecule has 20 nitrogen and oxygen atoms in total. The number of amides is 7. The van der Waals surface area contributed by atoms with Crippen LogP contribution < -0.4 is 37.6 Å². The average Bonchev–Trinajstić information content (AvgIpc) is 3.86. The summed E-state index contributed by atoms with van der Waals surface area (Å²) in [5, 5.41) is 17.1. The highest BCUT2D eigenvalue weighted by atomic mass is 32.2. The van der Waals surface area contributed by atoms with E-state index in [1.807, 2.05) is 0 Å². The highest BCUT2D eigenvalue weighted by Gasteiger charge is 2.32. The molecule has 62 heavy (non-hydrogen) atoms. The molecule has 334 valence electrons. The molecule has 0 bridgehead atoms. The molecule has 7 amide bonds. The van der Waals surface area contributed by atoms with Gasteiger partial charge in [0, 0.05) is 54.9 Å². The van der Waals surface area contributed by atoms with Gasteiger partial charge in [0.05, 0.1) is 30.5 Å². The zero-order valence-corrected chi connectivity index (χ0v) is 36.1. The number of hydrogen-bond acceptors (Lipinski definition) is 13. The third-order valence-corrected chi connectivity index (χ3v) is 11.2. The number of methoxy groups -OCH3 is 2. The molecule has 2 aliphatic heterocycles. The van der Waals surface area contributed by atoms with Gasteiger partial charge in [0.2, 0.25) is 41.4 Å². The number of benzene rings is 1. The lowest BCUT2D eigenvalue weighted by Crippen LogP contribution is -2.58. The van der Waals surface area contributed by atoms with Crippen LogP contribution in [-0.2, 0) is 59.2 Å². The van der Waals surface area contributed by atoms with E-state index in [0.717, 1.165) is 37.6 Å². The summed E-state index contributed by atoms with van der Waals surface area (Å²) in [6.45, 7) is 5.55. The molecule has 21 heteroatoms. The molecular formula is C41H53N9O11S. The van der Waals surface area contributed by atoms with Crippen LogP contribution in [0, 0.1) is 0 Å². The highest BCUT2D eigenvalue weighted by Crippen LogP contribution is 2.38. The van der Waals surface area contributed by atoms with Crippen LogP contribution >= 0.6 is 11.8 Å². The highest BCUT2D eigenvalue weighted by molar-refractivity contribution is 7.99. The third-order valence-electron chi connectivity index (χ3n) is 9.99. The maximum absolute atomic E-state index is 14.1. The number of hydrogen-bond donors (Lipinski definition) is 7. The molecule has 8 N–H and O–H groups in total. The first kappa shape index (κ1) is 48.2. The van der Waals surface area contributed by atoms with Crippen molar-refractivity contribution in [2.24, 2.45) is 10.7 Å². The van der Waals surface area contributed by atoms with Crippen molar-refractivity contribution in [1.29, 1.82) is 0 Å². The van der Waals surface area contributed by atoms with Crippen molar-refractivity contribution in [2.75, 3.05) is 20.0 Å². The molecule has 0 saturated heterocycles. The molecule has 2 aliphatic rings. The lowest BCUT2D eigenvalue weighted by molar-refractivity contribution is -0.136. The van der Waals surface area contributed by atoms with E-state index in [1.165, 1.54) is 27.7 Å². The van der Waals surface area contributed by atoms with Gasteiger partial charge in [-0.15, -0.1) is 11.8 Å². The lowest BCUT2D eigenvalue weighted by atomic mass is 10.0. The van der Waals surface area contributed by atoms with Crippen LogP contribution in [-0.4, -0.2) is 120 Å². The Kier molecular flexibility index (Phi) is 17.4. The van der Waals surface area contributed by atoms with Gasteiger partial charge in [0.25, 0.3) is 0 Å². The number of nitrogens with one attached hydrogen (secondary N) is 6. The van der Waals surface area contributed by atoms with Crippen molar-refractivity contribution in [1.82, 2.24) is 36.5 Å². The number of aromatic nitrogens is 1. The summed E-state index contributed by atoms with van der Waals surface area (Å²) >= 11 is 1.12. The Morgan fingerprint density at radius 1 is 0.903 bits per heavy atom. The number of carbonyl (C=O) groups excluding carboxylic acids is 9. The predicted molar refractivity (Wildman–Crippen MR) is 228 cm³/mol. The smallest absolute Gasteiger partial charge is 0.340 e. The maximum Gasteiger partial charge on any atom is 0.340 e. The van der Waals surface area contributed by atoms with Crippen molar-refractivity contribution in [3.63, 3.8) is 0 Å². The minimum Gasteiger partial charge on any atom is -0.466 e. The normalized spacial score (nSPS) is 22.6. The van der Waals surface area contributed by atoms with Crippen LogP contribution in [0.15, 0.2) is 52.1 Å². The molecule has 1 aromatic carbocycles. The Hall–Kier alpha value is -6.51. The van der Waals surface area contributed by atoms with Crippen molar-refractivity contribution >= 4 is 87.6 Å². The molecule has 0 aliphatic carbocycles. The Labute approximate surface area is 362 Å². The average molecular weight is 880 g/mol. The number of nitrogens with zero attached hydrogens (tertiary/aromatic N) is 2. The van der Waals surface area contributed by atoms with Gasteiger partial charge in [-0.05, 0) is 52.0 Å². The summed E-state index contributed by atoms with van der Waals surface area (Å²) < 4.78 is 11.7. The summed E-state index contributed by atoms with van der Waals surface area (Å²) in [7, 11) is 2.31. The van der Waals surface area contributed by atoms with E-state index < -0.39 is 89.5 Å². The first-order chi connectivity index (χ1) is 29.4. The molecule has 2 aromatic rings. The van der Waals surface area contributed by atoms with Gasteiger partial charge in [0.15, 0.2) is 0 Å². The largest absolute Gasteiger partial charge is 0.466 e. The molecule has 0 saturated carbocycles. The van der Waals surface area contributed by atoms with E-state index in [0.29, 0.717) is 35.1 Å². The second kappa shape index (κ2) is 22.4. The molecule has 0 radical (unpaired) electrons. The van der Waals surface area contributed by atoms with E-state index in [1.54, 1.807) is 41.2 Å². The lowest BCUT2D eigenvalue weighted by Gasteiger charge is -2.25. The summed E-state index contributed by atoms with van der Waals surface area (Å²) in [5.41, 5.74) is 6.57. The van der Waals surface area contributed by atoms with Crippen molar-refractivity contribution in [2.45, 2.75) is 108 Å². The standard InChI is InChI=1S/C41H53N9O11S/c1-21-35(54)45-23(3)37(56)49-31(39(58)48-30(34(42)53)17-25-14-15-43-19-25)20-62-40-27-12-8-7-11-26(27)33(28(41(59)61-6)18-32(52)60-5)50(40)16-10-9-13-29(47-24(4)51)38(57)46-22(2)36(55)44-21/h7-8,11-12,15,18-19,21-23,29-31H,9-10,13-14,16-17,20H2,1-6H3,(H2,42,53)(H,44,55)(H,45,54)(H,46,57)(H,47,51)(H,48,58)(H,49,56)/b28-18-/t21-,22-,23-,29-,30-,31-/m0/s1. The number of primary amides is 1. The van der Waals surface area contributed by atoms with Crippen LogP contribution in [0.3, 0.4) is 0 Å². The van der Waals surface area contributed by atoms with Gasteiger partial charge in [-0.3, -0.25) is 38.6 Å². The number of fused-ring (bicyclic) bond motifs is 3. The van der Waals surface area contributed by atoms with Crippen LogP contribution in [0.2, 0.25) is 0 Å². The summed E-state index contributed by atoms with van der Waals surface area (Å²) in [6.07, 6.45) is 5.50. The second-order valence-corrected chi connectivity index (χ2v) is 15.7. The van der Waals surface area contributed by atoms with Gasteiger partial charge in [-0.25, -0.2) is 9.59 Å². The molecule has 1 aromatic heterocycles. The monoisotopic (exact) mass is 879 g/mol. The molecule has 4 rings (SSSR count). The molecule has 3 heterocycles. The minimum atomic E-state index is -1.36. The second-order valence-electron chi connectivity index (χ2n) is 14.7. The first-order valence-corrected chi connectivity index (χ1v) is 20.8. The Bertz CT molecular complexity index is 2180. The first-order valence-electron chi connectivity index (χ1n) is 19.9. The maximum atomic E-state index is 14.1. The number of nitrogens with two attached hydrogens (primary N) is 1. The number of thioether (sulfide) groups is 1. The topological polar surface area (TPSA) is 288 Å². The van der Waals surface area contributed by atoms with Gasteiger partial charge in [0.1, 0.15) is 36.3 Å². The van der Waals surface area contributed by atoms with E-state index in [2.05, 4.69) is 36.9 Å². The van der Waals surface area contributed by atoms with Crippen LogP contribution in [0.25, 0.3) is 16.3 Å². The quantitative estimate of drug-likeness (QED) is 0.128. The van der Waals surface area contributed by atoms with E-state index in [4.69, 9.17) is 15.2 Å². The number of rotatable bonds is 9. The van der Waals surface area contributed by atoms with E-state index >= 15 is 0 Å². The Morgan fingerprint density at radius 2 is 1.52 bits per heavy atom. The van der Waals surface area contributed by atoms with Crippen LogP contribution in [0.4, 0.5) is 0 Å². The van der Waals surface area contributed by atoms with Crippen molar-refractivity contribution < 1.29 is 52.6 Å². The summed E-state index contributed by atoms with van der Waals surface area (Å²) in [5.74, 6) is -6.87. The molecular weight excluding hydrogens is 827 g/mol. The minimum absolute atomic E-state index is 0.0627. The van der Waals surface area contributed by atoms with Crippen LogP contribution in [0.5, 0.6) is 0 Å². The van der Waals surface area contributed by atoms with E-state index in [9.17, 15) is 43.2 Å². The van der Waals surface area contributed by atoms with Crippen molar-refractivity contribution in [3.05, 3.63) is 47.8 Å². The molecule has 0 spiro atoms. The fourth-order valence-corrected chi connectivity index (χ4v) is 7.91. The fraction of sp³-hybridized carbons (Fsp3) is 0.463. The molecule has 0 fully saturated rings. The molecule has 6 atom stereocenters. The Morgan fingerprint density at radius 3 is 2.08 bits per heavy atom. The fourth-order valence-electron chi connectivity index (χ4n) is 6.67. The summed E-state index contributed by atoms with van der Waals surface area (Å²) in [4.78, 5) is 122. The Balaban J connectivity index is 1.85. The van der Waals surface area contributed by atoms with Crippen molar-refractivity contribution in [3.8, 4) is 0 Å². The number of esters is 2. The number of ether oxygens (including phenoxy) is 2. The molecule has 0 unspecified atom stereocenters. The number of carbonyl (C=O) groups is 9. The zero-order valence-electron chi connectivity index (χ0n) is 35.3. The van der Waals surface area contributed by atoms with E-state index in [-0.39, 0.29) is 36.4 Å². The van der Waals surface area contributed by atoms with Gasteiger partial charge in [-0.1, -0.05) is 24.3 Å². The van der Waals surface area contributed by atoms with Gasteiger partial charge < -0.3 is 51.7 Å². The third kappa shape index (κ3) is 12.8. The van der Waals surface area contributed by atoms with Crippen LogP contribution in [0.1, 0.15) is 65.5 Å². The number of aliphatic imine (C=N–C) groups is 1. The summed E-state index contributed by atoms with van der Waals surface area (Å²) in [6, 6.07) is -0.165.